The summed E-state index contributed by atoms with van der Waals surface area (Å²) < 4.78 is 16.1. The molecule has 0 heterocycles. The van der Waals surface area contributed by atoms with E-state index in [1.54, 1.807) is 0 Å². The van der Waals surface area contributed by atoms with Crippen molar-refractivity contribution in [1.82, 2.24) is 0 Å². The maximum Gasteiger partial charge on any atom is 0.357 e. The molecule has 0 aliphatic carbocycles. The Kier molecular flexibility index (Phi) is 8.48. The monoisotopic (exact) mass is 421 g/mol. The summed E-state index contributed by atoms with van der Waals surface area (Å²) in [6, 6.07) is 18.6. The van der Waals surface area contributed by atoms with Gasteiger partial charge in [-0.2, -0.15) is 0 Å². The van der Waals surface area contributed by atoms with Crippen LogP contribution in [0.3, 0.4) is 0 Å². The van der Waals surface area contributed by atoms with Gasteiger partial charge >= 0.3 is 5.97 Å². The number of para-hydroxylation sites is 2. The summed E-state index contributed by atoms with van der Waals surface area (Å²) in [7, 11) is 0. The number of ether oxygens (including phenoxy) is 3. The van der Waals surface area contributed by atoms with Crippen molar-refractivity contribution in [2.45, 2.75) is 11.9 Å². The number of hydrogen-bond acceptors (Lipinski definition) is 6. The number of benzene rings is 2. The number of alkyl halides is 1. The average Bonchev–Trinajstić information content (AvgIpc) is 2.67. The molecule has 0 fully saturated rings. The molecule has 0 amide bonds. The number of oxime groups is 1. The normalized spacial score (nSPS) is 12.2. The summed E-state index contributed by atoms with van der Waals surface area (Å²) in [6.07, 6.45) is 0. The van der Waals surface area contributed by atoms with E-state index in [0.717, 1.165) is 5.75 Å². The van der Waals surface area contributed by atoms with Gasteiger partial charge in [0.1, 0.15) is 24.7 Å². The SMILES string of the molecule is CC(=NOCCOc1ccccc1)C(=O)OC(Br)COc1ccccc1. The highest BCUT2D eigenvalue weighted by Gasteiger charge is 2.15. The highest BCUT2D eigenvalue weighted by Crippen LogP contribution is 2.11. The van der Waals surface area contributed by atoms with Gasteiger partial charge in [0.25, 0.3) is 0 Å². The van der Waals surface area contributed by atoms with Crippen LogP contribution >= 0.6 is 15.9 Å². The lowest BCUT2D eigenvalue weighted by atomic mass is 10.3. The second-order valence-corrected chi connectivity index (χ2v) is 6.13. The molecule has 2 aromatic carbocycles. The molecule has 0 bridgehead atoms. The first-order valence-electron chi connectivity index (χ1n) is 8.02. The third-order valence-electron chi connectivity index (χ3n) is 3.04. The highest BCUT2D eigenvalue weighted by molar-refractivity contribution is 9.09. The van der Waals surface area contributed by atoms with Crippen LogP contribution in [0, 0.1) is 0 Å². The molecule has 0 aliphatic heterocycles. The Balaban J connectivity index is 1.63. The van der Waals surface area contributed by atoms with Crippen molar-refractivity contribution in [3.8, 4) is 11.5 Å². The Bertz CT molecular complexity index is 694. The molecule has 1 unspecified atom stereocenters. The summed E-state index contributed by atoms with van der Waals surface area (Å²) in [4.78, 5) is 17.0. The molecule has 7 heteroatoms. The highest BCUT2D eigenvalue weighted by atomic mass is 79.9. The zero-order chi connectivity index (χ0) is 18.6. The Morgan fingerprint density at radius 3 is 2.15 bits per heavy atom. The molecule has 6 nitrogen and oxygen atoms in total. The topological polar surface area (TPSA) is 66.4 Å². The molecule has 0 aliphatic rings. The van der Waals surface area contributed by atoms with Crippen LogP contribution in [0.15, 0.2) is 65.8 Å². The largest absolute Gasteiger partial charge is 0.490 e. The number of hydrogen-bond donors (Lipinski definition) is 0. The van der Waals surface area contributed by atoms with E-state index in [4.69, 9.17) is 19.0 Å². The van der Waals surface area contributed by atoms with Gasteiger partial charge in [-0.15, -0.1) is 0 Å². The number of halogens is 1. The van der Waals surface area contributed by atoms with Gasteiger partial charge in [0.2, 0.25) is 0 Å². The molecule has 0 aromatic heterocycles. The lowest BCUT2D eigenvalue weighted by Gasteiger charge is -2.12. The second-order valence-electron chi connectivity index (χ2n) is 5.11. The lowest BCUT2D eigenvalue weighted by Crippen LogP contribution is -2.24. The van der Waals surface area contributed by atoms with Crippen molar-refractivity contribution in [2.75, 3.05) is 19.8 Å². The quantitative estimate of drug-likeness (QED) is 0.192. The Morgan fingerprint density at radius 1 is 0.962 bits per heavy atom. The molecular weight excluding hydrogens is 402 g/mol. The molecule has 2 aromatic rings. The zero-order valence-electron chi connectivity index (χ0n) is 14.3. The lowest BCUT2D eigenvalue weighted by molar-refractivity contribution is -0.137. The molecule has 0 saturated heterocycles. The molecule has 26 heavy (non-hydrogen) atoms. The van der Waals surface area contributed by atoms with E-state index < -0.39 is 11.0 Å². The van der Waals surface area contributed by atoms with E-state index in [9.17, 15) is 4.79 Å². The van der Waals surface area contributed by atoms with Crippen molar-refractivity contribution in [1.29, 1.82) is 0 Å². The predicted molar refractivity (Wildman–Crippen MR) is 102 cm³/mol. The van der Waals surface area contributed by atoms with E-state index in [0.29, 0.717) is 12.4 Å². The van der Waals surface area contributed by atoms with Crippen molar-refractivity contribution in [3.05, 3.63) is 60.7 Å². The van der Waals surface area contributed by atoms with Crippen LogP contribution < -0.4 is 9.47 Å². The minimum Gasteiger partial charge on any atom is -0.490 e. The van der Waals surface area contributed by atoms with Crippen LogP contribution in [0.1, 0.15) is 6.92 Å². The van der Waals surface area contributed by atoms with Crippen LogP contribution in [-0.2, 0) is 14.4 Å². The van der Waals surface area contributed by atoms with Crippen molar-refractivity contribution in [3.63, 3.8) is 0 Å². The zero-order valence-corrected chi connectivity index (χ0v) is 15.9. The number of nitrogens with zero attached hydrogens (tertiary/aromatic N) is 1. The van der Waals surface area contributed by atoms with E-state index in [1.807, 2.05) is 60.7 Å². The van der Waals surface area contributed by atoms with Gasteiger partial charge in [0.15, 0.2) is 17.3 Å². The maximum atomic E-state index is 11.9. The third-order valence-corrected chi connectivity index (χ3v) is 3.49. The fourth-order valence-corrected chi connectivity index (χ4v) is 2.11. The number of carbonyl (C=O) groups is 1. The first-order valence-corrected chi connectivity index (χ1v) is 8.94. The van der Waals surface area contributed by atoms with Gasteiger partial charge in [-0.3, -0.25) is 0 Å². The van der Waals surface area contributed by atoms with Gasteiger partial charge in [0, 0.05) is 0 Å². The van der Waals surface area contributed by atoms with E-state index in [1.165, 1.54) is 6.92 Å². The molecule has 1 atom stereocenters. The summed E-state index contributed by atoms with van der Waals surface area (Å²) in [5.74, 6) is 0.851. The first kappa shape index (κ1) is 19.8. The minimum atomic E-state index is -0.596. The summed E-state index contributed by atoms with van der Waals surface area (Å²) in [5.41, 5.74) is 0.105. The van der Waals surface area contributed by atoms with Crippen LogP contribution in [-0.4, -0.2) is 36.5 Å². The fourth-order valence-electron chi connectivity index (χ4n) is 1.81. The van der Waals surface area contributed by atoms with Crippen molar-refractivity contribution < 1.29 is 23.8 Å². The smallest absolute Gasteiger partial charge is 0.357 e. The van der Waals surface area contributed by atoms with E-state index in [-0.39, 0.29) is 18.9 Å². The first-order chi connectivity index (χ1) is 12.6. The molecule has 0 N–H and O–H groups in total. The standard InChI is InChI=1S/C19H20BrNO5/c1-15(21-25-13-12-23-16-8-4-2-5-9-16)19(22)26-18(20)14-24-17-10-6-3-7-11-17/h2-11,18H,12-14H2,1H3. The van der Waals surface area contributed by atoms with Crippen LogP contribution in [0.5, 0.6) is 11.5 Å². The van der Waals surface area contributed by atoms with Gasteiger partial charge in [-0.1, -0.05) is 41.6 Å². The number of carbonyl (C=O) groups excluding carboxylic acids is 1. The molecule has 0 spiro atoms. The van der Waals surface area contributed by atoms with Gasteiger partial charge in [-0.25, -0.2) is 4.79 Å². The second kappa shape index (κ2) is 11.1. The summed E-state index contributed by atoms with van der Waals surface area (Å²) in [5, 5.41) is 3.13. The number of esters is 1. The molecule has 138 valence electrons. The van der Waals surface area contributed by atoms with E-state index >= 15 is 0 Å². The Morgan fingerprint density at radius 2 is 1.54 bits per heavy atom. The van der Waals surface area contributed by atoms with Crippen LogP contribution in [0.2, 0.25) is 0 Å². The predicted octanol–water partition coefficient (Wildman–Crippen LogP) is 3.80. The molecule has 0 saturated carbocycles. The summed E-state index contributed by atoms with van der Waals surface area (Å²) in [6.45, 7) is 2.23. The van der Waals surface area contributed by atoms with Gasteiger partial charge < -0.3 is 19.0 Å². The van der Waals surface area contributed by atoms with E-state index in [2.05, 4.69) is 21.1 Å². The fraction of sp³-hybridized carbons (Fsp3) is 0.263. The number of rotatable bonds is 10. The molecule has 0 radical (unpaired) electrons. The third kappa shape index (κ3) is 7.57. The van der Waals surface area contributed by atoms with Gasteiger partial charge in [-0.05, 0) is 47.1 Å². The van der Waals surface area contributed by atoms with Crippen molar-refractivity contribution in [2.24, 2.45) is 5.16 Å². The minimum absolute atomic E-state index is 0.105. The van der Waals surface area contributed by atoms with Crippen molar-refractivity contribution >= 4 is 27.6 Å². The Labute approximate surface area is 160 Å². The Hall–Kier alpha value is -2.54. The van der Waals surface area contributed by atoms with Crippen LogP contribution in [0.4, 0.5) is 0 Å². The summed E-state index contributed by atoms with van der Waals surface area (Å²) >= 11 is 3.24. The average molecular weight is 422 g/mol. The maximum absolute atomic E-state index is 11.9. The molecule has 2 rings (SSSR count). The molecular formula is C19H20BrNO5. The van der Waals surface area contributed by atoms with Crippen LogP contribution in [0.25, 0.3) is 0 Å². The van der Waals surface area contributed by atoms with Gasteiger partial charge in [0.05, 0.1) is 0 Å².